The van der Waals surface area contributed by atoms with E-state index in [4.69, 9.17) is 0 Å². The van der Waals surface area contributed by atoms with Gasteiger partial charge in [0.25, 0.3) is 0 Å². The molecule has 12 aromatic carbocycles. The fourth-order valence-corrected chi connectivity index (χ4v) is 31.3. The van der Waals surface area contributed by atoms with Crippen molar-refractivity contribution in [2.24, 2.45) is 94.7 Å². The summed E-state index contributed by atoms with van der Waals surface area (Å²) in [6, 6.07) is 84.3. The Kier molecular flexibility index (Phi) is 26.0. The lowest BCUT2D eigenvalue weighted by Gasteiger charge is -2.48. The zero-order valence-corrected chi connectivity index (χ0v) is 94.2. The predicted octanol–water partition coefficient (Wildman–Crippen LogP) is 41.3. The Morgan fingerprint density at radius 1 is 0.190 bits per heavy atom. The molecule has 0 radical (unpaired) electrons. The molecule has 2 heteroatoms. The number of hydrogen-bond donors (Lipinski definition) is 0. The molecule has 8 bridgehead atoms. The molecule has 20 rings (SSSR count). The number of benzene rings is 12. The van der Waals surface area contributed by atoms with Crippen molar-refractivity contribution in [3.05, 3.63) is 261 Å². The topological polar surface area (TPSA) is 6.48 Å². The highest BCUT2D eigenvalue weighted by Crippen LogP contribution is 2.62. The first kappa shape index (κ1) is 101. The van der Waals surface area contributed by atoms with E-state index in [2.05, 4.69) is 425 Å². The van der Waals surface area contributed by atoms with Crippen LogP contribution < -0.4 is 9.80 Å². The van der Waals surface area contributed by atoms with Crippen LogP contribution in [0.5, 0.6) is 0 Å². The number of hydrogen-bond acceptors (Lipinski definition) is 2. The molecule has 20 atom stereocenters. The van der Waals surface area contributed by atoms with Gasteiger partial charge in [-0.3, -0.25) is 0 Å². The molecule has 0 spiro atoms. The predicted molar refractivity (Wildman–Crippen MR) is 617 cm³/mol. The van der Waals surface area contributed by atoms with Gasteiger partial charge in [0.15, 0.2) is 0 Å². The molecule has 8 aliphatic carbocycles. The minimum atomic E-state index is -0.0961. The van der Waals surface area contributed by atoms with Crippen LogP contribution in [0.25, 0.3) is 76.8 Å². The van der Waals surface area contributed by atoms with Crippen LogP contribution in [-0.4, -0.2) is 0 Å². The maximum absolute atomic E-state index is 2.89. The Bertz CT molecular complexity index is 5870. The molecule has 12 aromatic rings. The SMILES string of the molecule is CC1CC2CC(C)C(c3cc(C4C(C)CC5CC(C)CC4C5)cc(N(c4cc(-c5cc(C(C)(C)C)cc(C(C)(C)C)c5)cc(-c5cc(C(C)(C)C)cc(C(C)(C)C)c5)c4)c4ccc5ccc6c(N(c7cc(-c8cc(C(C)(C)C)cc(C(C)(C)C)c8)cc(-c8cc(C(C)(C)C)cc(C(C)(C)C)c8)c7)c7cc(C8C(C)CC9CC(C)CC8C9)cc(C8C(C)CC9CC(C)CC8C9)c7)ccc7ccc4c5c76)c3)C(C1)C2. The standard InChI is InChI=1S/C140H180N2/c1-81-41-89-49-85(5)127(103(45-81)53-89)107-59-108(128-86(6)50-90-42-82(2)46-104(128)54-90)74-121(73-107)141(119-69-95(99-61-111(133(9,10)11)77-112(62-99)134(12,13)14)57-96(70-119)100-63-113(135(15,16)17)78-114(64-100)136(18,19)20)125-39-35-93-34-38-124-126(40-36-94-33-37-123(125)131(93)132(94)124)142(122-75-109(129-87(7)51-91-43-83(3)47-105(129)55-91)60-110(76-122)130-88(8)52-92-44-84(4)48-106(130)56-92)120-71-97(101-65-115(137(21,22)23)79-116(66-101)138(24,25)26)58-98(72-120)102-67-117(139(27,28)29)80-118(68-102)140(30,31)32/h33-40,57-92,103-106,127-130H,41-56H2,1-32H3. The van der Waals surface area contributed by atoms with Crippen LogP contribution in [0.4, 0.5) is 34.1 Å². The fraction of sp³-hybridized carbons (Fsp3) is 0.543. The van der Waals surface area contributed by atoms with Crippen molar-refractivity contribution in [2.45, 2.75) is 391 Å². The molecule has 750 valence electrons. The van der Waals surface area contributed by atoms with E-state index in [0.29, 0.717) is 71.0 Å². The van der Waals surface area contributed by atoms with Crippen LogP contribution in [0.2, 0.25) is 0 Å². The van der Waals surface area contributed by atoms with Crippen LogP contribution in [0.15, 0.2) is 194 Å². The van der Waals surface area contributed by atoms with Crippen LogP contribution in [0.3, 0.4) is 0 Å². The van der Waals surface area contributed by atoms with Crippen molar-refractivity contribution in [1.82, 2.24) is 0 Å². The molecule has 0 aromatic heterocycles. The second-order valence-electron chi connectivity index (χ2n) is 58.4. The quantitative estimate of drug-likeness (QED) is 0.100. The van der Waals surface area contributed by atoms with Crippen molar-refractivity contribution in [1.29, 1.82) is 0 Å². The summed E-state index contributed by atoms with van der Waals surface area (Å²) in [5, 5.41) is 7.86. The third kappa shape index (κ3) is 19.8. The average Bonchev–Trinajstić information content (AvgIpc) is 0.712. The van der Waals surface area contributed by atoms with Gasteiger partial charge in [0.05, 0.1) is 11.4 Å². The Morgan fingerprint density at radius 2 is 0.387 bits per heavy atom. The van der Waals surface area contributed by atoms with Crippen molar-refractivity contribution in [3.8, 4) is 44.5 Å². The Labute approximate surface area is 861 Å². The summed E-state index contributed by atoms with van der Waals surface area (Å²) in [6.07, 6.45) is 21.5. The molecule has 20 unspecified atom stereocenters. The van der Waals surface area contributed by atoms with Gasteiger partial charge in [0.1, 0.15) is 0 Å². The van der Waals surface area contributed by atoms with Crippen LogP contribution in [-0.2, 0) is 43.3 Å². The summed E-state index contributed by atoms with van der Waals surface area (Å²) in [4.78, 5) is 5.77. The Hall–Kier alpha value is -8.72. The molecule has 2 nitrogen and oxygen atoms in total. The molecular weight excluding hydrogens is 1710 g/mol. The zero-order valence-electron chi connectivity index (χ0n) is 94.2. The van der Waals surface area contributed by atoms with E-state index >= 15 is 0 Å². The minimum absolute atomic E-state index is 0.0961. The fourth-order valence-electron chi connectivity index (χ4n) is 31.3. The molecule has 0 heterocycles. The summed E-state index contributed by atoms with van der Waals surface area (Å²) in [6.45, 7) is 79.3. The van der Waals surface area contributed by atoms with E-state index < -0.39 is 0 Å². The second kappa shape index (κ2) is 36.7. The molecule has 0 saturated heterocycles. The molecule has 0 aliphatic heterocycles. The van der Waals surface area contributed by atoms with Gasteiger partial charge in [-0.25, -0.2) is 0 Å². The first-order valence-corrected chi connectivity index (χ1v) is 57.1. The summed E-state index contributed by atoms with van der Waals surface area (Å²) >= 11 is 0. The van der Waals surface area contributed by atoms with Crippen LogP contribution >= 0.6 is 0 Å². The average molecular weight is 1890 g/mol. The summed E-state index contributed by atoms with van der Waals surface area (Å²) in [7, 11) is 0. The molecular formula is C140H180N2. The monoisotopic (exact) mass is 1890 g/mol. The summed E-state index contributed by atoms with van der Waals surface area (Å²) < 4.78 is 0. The first-order chi connectivity index (χ1) is 66.5. The van der Waals surface area contributed by atoms with Gasteiger partial charge in [0.2, 0.25) is 0 Å². The van der Waals surface area contributed by atoms with Crippen LogP contribution in [0, 0.1) is 94.7 Å². The van der Waals surface area contributed by atoms with E-state index in [0.717, 1.165) is 47.3 Å². The summed E-state index contributed by atoms with van der Waals surface area (Å²) in [5.74, 6) is 13.0. The van der Waals surface area contributed by atoms with Crippen molar-refractivity contribution >= 4 is 66.4 Å². The van der Waals surface area contributed by atoms with E-state index in [9.17, 15) is 0 Å². The number of fused-ring (bicyclic) bond motifs is 8. The van der Waals surface area contributed by atoms with Gasteiger partial charge in [-0.1, -0.05) is 343 Å². The van der Waals surface area contributed by atoms with E-state index in [1.54, 1.807) is 22.3 Å². The highest BCUT2D eigenvalue weighted by atomic mass is 15.2. The van der Waals surface area contributed by atoms with Gasteiger partial charge in [-0.15, -0.1) is 0 Å². The van der Waals surface area contributed by atoms with Crippen LogP contribution in [0.1, 0.15) is 415 Å². The van der Waals surface area contributed by atoms with E-state index in [1.165, 1.54) is 258 Å². The molecule has 8 fully saturated rings. The van der Waals surface area contributed by atoms with E-state index in [-0.39, 0.29) is 43.3 Å². The van der Waals surface area contributed by atoms with E-state index in [1.807, 2.05) is 0 Å². The molecule has 8 aliphatic rings. The smallest absolute Gasteiger partial charge is 0.0540 e. The molecule has 0 amide bonds. The Balaban J connectivity index is 0.908. The van der Waals surface area contributed by atoms with Gasteiger partial charge in [-0.05, 0) is 470 Å². The van der Waals surface area contributed by atoms with Gasteiger partial charge >= 0.3 is 0 Å². The number of nitrogens with zero attached hydrogens (tertiary/aromatic N) is 2. The van der Waals surface area contributed by atoms with Gasteiger partial charge < -0.3 is 9.80 Å². The second-order valence-corrected chi connectivity index (χ2v) is 58.4. The highest BCUT2D eigenvalue weighted by molar-refractivity contribution is 6.28. The lowest BCUT2D eigenvalue weighted by molar-refractivity contribution is 0.0826. The Morgan fingerprint density at radius 3 is 0.599 bits per heavy atom. The molecule has 8 saturated carbocycles. The highest BCUT2D eigenvalue weighted by Gasteiger charge is 2.48. The van der Waals surface area contributed by atoms with Gasteiger partial charge in [-0.2, -0.15) is 0 Å². The largest absolute Gasteiger partial charge is 0.310 e. The van der Waals surface area contributed by atoms with Crippen molar-refractivity contribution in [3.63, 3.8) is 0 Å². The molecule has 142 heavy (non-hydrogen) atoms. The lowest BCUT2D eigenvalue weighted by Crippen LogP contribution is -2.37. The first-order valence-electron chi connectivity index (χ1n) is 57.1. The lowest BCUT2D eigenvalue weighted by atomic mass is 9.57. The normalized spacial score (nSPS) is 27.4. The maximum atomic E-state index is 2.89. The maximum Gasteiger partial charge on any atom is 0.0540 e. The van der Waals surface area contributed by atoms with Crippen molar-refractivity contribution < 1.29 is 0 Å². The summed E-state index contributed by atoms with van der Waals surface area (Å²) in [5.41, 5.74) is 34.4. The number of rotatable bonds is 14. The molecule has 0 N–H and O–H groups in total. The third-order valence-corrected chi connectivity index (χ3v) is 38.0. The third-order valence-electron chi connectivity index (χ3n) is 38.0. The van der Waals surface area contributed by atoms with Crippen molar-refractivity contribution in [2.75, 3.05) is 9.80 Å². The van der Waals surface area contributed by atoms with Gasteiger partial charge in [0, 0.05) is 33.5 Å². The minimum Gasteiger partial charge on any atom is -0.310 e. The number of anilines is 6. The zero-order chi connectivity index (χ0) is 101.